The van der Waals surface area contributed by atoms with Crippen LogP contribution in [0.5, 0.6) is 5.75 Å². The maximum Gasteiger partial charge on any atom is 0.330 e. The third-order valence-corrected chi connectivity index (χ3v) is 3.23. The van der Waals surface area contributed by atoms with Crippen molar-refractivity contribution in [2.24, 2.45) is 0 Å². The third kappa shape index (κ3) is 2.62. The number of benzene rings is 1. The van der Waals surface area contributed by atoms with Crippen molar-refractivity contribution in [3.05, 3.63) is 46.7 Å². The molecule has 2 N–H and O–H groups in total. The van der Waals surface area contributed by atoms with Gasteiger partial charge < -0.3 is 15.2 Å². The number of rotatable bonds is 5. The lowest BCUT2D eigenvalue weighted by atomic mass is 10.1. The molecule has 1 heterocycles. The van der Waals surface area contributed by atoms with Crippen molar-refractivity contribution >= 4 is 23.0 Å². The Balaban J connectivity index is 2.27. The van der Waals surface area contributed by atoms with Gasteiger partial charge >= 0.3 is 5.97 Å². The van der Waals surface area contributed by atoms with Crippen molar-refractivity contribution in [1.29, 1.82) is 0 Å². The van der Waals surface area contributed by atoms with Crippen molar-refractivity contribution in [3.63, 3.8) is 0 Å². The van der Waals surface area contributed by atoms with Gasteiger partial charge in [0.25, 0.3) is 0 Å². The molecule has 2 rings (SSSR count). The molecule has 1 unspecified atom stereocenters. The van der Waals surface area contributed by atoms with Crippen molar-refractivity contribution < 1.29 is 14.6 Å². The summed E-state index contributed by atoms with van der Waals surface area (Å²) < 4.78 is 5.19. The summed E-state index contributed by atoms with van der Waals surface area (Å²) in [5, 5.41) is 15.9. The minimum absolute atomic E-state index is 0.624. The average molecular weight is 263 g/mol. The van der Waals surface area contributed by atoms with Gasteiger partial charge in [0.2, 0.25) is 0 Å². The Morgan fingerprint density at radius 2 is 2.17 bits per heavy atom. The molecular formula is C13H13NO3S. The number of thiophene rings is 1. The smallest absolute Gasteiger partial charge is 0.330 e. The van der Waals surface area contributed by atoms with Gasteiger partial charge in [0, 0.05) is 0 Å². The summed E-state index contributed by atoms with van der Waals surface area (Å²) in [6, 6.07) is 8.27. The quantitative estimate of drug-likeness (QED) is 0.870. The lowest BCUT2D eigenvalue weighted by Gasteiger charge is -2.16. The van der Waals surface area contributed by atoms with Crippen LogP contribution in [0, 0.1) is 0 Å². The van der Waals surface area contributed by atoms with E-state index in [0.717, 1.165) is 5.56 Å². The molecule has 18 heavy (non-hydrogen) atoms. The Kier molecular flexibility index (Phi) is 3.84. The maximum absolute atomic E-state index is 11.3. The number of hydrogen-bond acceptors (Lipinski definition) is 4. The van der Waals surface area contributed by atoms with Crippen molar-refractivity contribution in [1.82, 2.24) is 0 Å². The topological polar surface area (TPSA) is 58.6 Å². The molecule has 0 spiro atoms. The summed E-state index contributed by atoms with van der Waals surface area (Å²) in [6.45, 7) is 0. The third-order valence-electron chi connectivity index (χ3n) is 2.53. The summed E-state index contributed by atoms with van der Waals surface area (Å²) in [7, 11) is 1.56. The molecule has 0 amide bonds. The zero-order valence-corrected chi connectivity index (χ0v) is 10.6. The molecule has 1 aromatic carbocycles. The Morgan fingerprint density at radius 1 is 1.39 bits per heavy atom. The van der Waals surface area contributed by atoms with E-state index in [2.05, 4.69) is 5.32 Å². The number of carboxylic acids is 1. The number of ether oxygens (including phenoxy) is 1. The SMILES string of the molecule is COc1ccccc1NC(C(=O)O)c1ccsc1. The van der Waals surface area contributed by atoms with Gasteiger partial charge in [-0.15, -0.1) is 0 Å². The highest BCUT2D eigenvalue weighted by Gasteiger charge is 2.21. The molecule has 0 saturated heterocycles. The molecule has 5 heteroatoms. The van der Waals surface area contributed by atoms with Gasteiger partial charge in [-0.1, -0.05) is 12.1 Å². The summed E-state index contributed by atoms with van der Waals surface area (Å²) in [4.78, 5) is 11.3. The summed E-state index contributed by atoms with van der Waals surface area (Å²) >= 11 is 1.47. The molecule has 2 aromatic rings. The van der Waals surface area contributed by atoms with Gasteiger partial charge in [0.05, 0.1) is 12.8 Å². The van der Waals surface area contributed by atoms with E-state index in [-0.39, 0.29) is 0 Å². The lowest BCUT2D eigenvalue weighted by Crippen LogP contribution is -2.20. The normalized spacial score (nSPS) is 11.8. The van der Waals surface area contributed by atoms with Gasteiger partial charge in [-0.2, -0.15) is 11.3 Å². The first kappa shape index (κ1) is 12.4. The summed E-state index contributed by atoms with van der Waals surface area (Å²) in [5.41, 5.74) is 1.40. The molecule has 0 fully saturated rings. The highest BCUT2D eigenvalue weighted by Crippen LogP contribution is 2.28. The number of nitrogens with one attached hydrogen (secondary N) is 1. The minimum atomic E-state index is -0.917. The van der Waals surface area contributed by atoms with Crippen LogP contribution in [0.1, 0.15) is 11.6 Å². The molecule has 1 aromatic heterocycles. The molecular weight excluding hydrogens is 250 g/mol. The Labute approximate surface area is 109 Å². The van der Waals surface area contributed by atoms with Crippen LogP contribution in [0.25, 0.3) is 0 Å². The highest BCUT2D eigenvalue weighted by molar-refractivity contribution is 7.08. The van der Waals surface area contributed by atoms with E-state index < -0.39 is 12.0 Å². The Bertz CT molecular complexity index is 525. The molecule has 0 radical (unpaired) electrons. The van der Waals surface area contributed by atoms with Crippen LogP contribution < -0.4 is 10.1 Å². The summed E-state index contributed by atoms with van der Waals surface area (Å²) in [6.07, 6.45) is 0. The summed E-state index contributed by atoms with van der Waals surface area (Å²) in [5.74, 6) is -0.293. The van der Waals surface area contributed by atoms with Crippen molar-refractivity contribution in [2.75, 3.05) is 12.4 Å². The fourth-order valence-electron chi connectivity index (χ4n) is 1.65. The second-order valence-electron chi connectivity index (χ2n) is 3.67. The molecule has 94 valence electrons. The Hall–Kier alpha value is -2.01. The predicted molar refractivity (Wildman–Crippen MR) is 71.3 cm³/mol. The van der Waals surface area contributed by atoms with Crippen LogP contribution in [0.15, 0.2) is 41.1 Å². The fourth-order valence-corrected chi connectivity index (χ4v) is 2.33. The number of carboxylic acid groups (broad SMARTS) is 1. The molecule has 0 bridgehead atoms. The average Bonchev–Trinajstić information content (AvgIpc) is 2.89. The number of anilines is 1. The molecule has 4 nitrogen and oxygen atoms in total. The van der Waals surface area contributed by atoms with Crippen LogP contribution in [-0.4, -0.2) is 18.2 Å². The van der Waals surface area contributed by atoms with Crippen molar-refractivity contribution in [2.45, 2.75) is 6.04 Å². The van der Waals surface area contributed by atoms with E-state index >= 15 is 0 Å². The van der Waals surface area contributed by atoms with Gasteiger partial charge in [0.1, 0.15) is 5.75 Å². The number of hydrogen-bond donors (Lipinski definition) is 2. The van der Waals surface area contributed by atoms with Crippen LogP contribution >= 0.6 is 11.3 Å². The zero-order chi connectivity index (χ0) is 13.0. The number of carbonyl (C=O) groups is 1. The maximum atomic E-state index is 11.3. The zero-order valence-electron chi connectivity index (χ0n) is 9.79. The van der Waals surface area contributed by atoms with Crippen molar-refractivity contribution in [3.8, 4) is 5.75 Å². The second-order valence-corrected chi connectivity index (χ2v) is 4.45. The first-order valence-corrected chi connectivity index (χ1v) is 6.31. The second kappa shape index (κ2) is 5.55. The van der Waals surface area contributed by atoms with E-state index in [1.54, 1.807) is 25.3 Å². The van der Waals surface area contributed by atoms with Crippen LogP contribution in [0.4, 0.5) is 5.69 Å². The van der Waals surface area contributed by atoms with E-state index in [1.807, 2.05) is 22.9 Å². The van der Waals surface area contributed by atoms with Gasteiger partial charge in [-0.05, 0) is 34.5 Å². The monoisotopic (exact) mass is 263 g/mol. The largest absolute Gasteiger partial charge is 0.495 e. The van der Waals surface area contributed by atoms with Crippen LogP contribution in [-0.2, 0) is 4.79 Å². The Morgan fingerprint density at radius 3 is 2.78 bits per heavy atom. The number of para-hydroxylation sites is 2. The molecule has 1 atom stereocenters. The lowest BCUT2D eigenvalue weighted by molar-refractivity contribution is -0.138. The van der Waals surface area contributed by atoms with Gasteiger partial charge in [-0.25, -0.2) is 4.79 Å². The van der Waals surface area contributed by atoms with Crippen LogP contribution in [0.3, 0.4) is 0 Å². The minimum Gasteiger partial charge on any atom is -0.495 e. The van der Waals surface area contributed by atoms with Crippen LogP contribution in [0.2, 0.25) is 0 Å². The van der Waals surface area contributed by atoms with E-state index in [9.17, 15) is 9.90 Å². The number of methoxy groups -OCH3 is 1. The standard InChI is InChI=1S/C13H13NO3S/c1-17-11-5-3-2-4-10(11)14-12(13(15)16)9-6-7-18-8-9/h2-8,12,14H,1H3,(H,15,16). The molecule has 0 aliphatic carbocycles. The highest BCUT2D eigenvalue weighted by atomic mass is 32.1. The van der Waals surface area contributed by atoms with Gasteiger partial charge in [-0.3, -0.25) is 0 Å². The van der Waals surface area contributed by atoms with Gasteiger partial charge in [0.15, 0.2) is 6.04 Å². The first-order valence-electron chi connectivity index (χ1n) is 5.37. The van der Waals surface area contributed by atoms with E-state index in [4.69, 9.17) is 4.74 Å². The first-order chi connectivity index (χ1) is 8.72. The predicted octanol–water partition coefficient (Wildman–Crippen LogP) is 2.99. The molecule has 0 aliphatic rings. The fraction of sp³-hybridized carbons (Fsp3) is 0.154. The van der Waals surface area contributed by atoms with E-state index in [1.165, 1.54) is 11.3 Å². The van der Waals surface area contributed by atoms with E-state index in [0.29, 0.717) is 11.4 Å². The molecule has 0 saturated carbocycles. The molecule has 0 aliphatic heterocycles. The number of aliphatic carboxylic acids is 1.